The van der Waals surface area contributed by atoms with E-state index in [-0.39, 0.29) is 36.9 Å². The lowest BCUT2D eigenvalue weighted by atomic mass is 10.1. The van der Waals surface area contributed by atoms with Crippen molar-refractivity contribution in [1.29, 1.82) is 0 Å². The Morgan fingerprint density at radius 3 is 2.61 bits per heavy atom. The van der Waals surface area contributed by atoms with E-state index in [9.17, 15) is 14.4 Å². The maximum atomic E-state index is 12.7. The number of thiophene rings is 1. The molecule has 6 nitrogen and oxygen atoms in total. The molecule has 3 N–H and O–H groups in total. The highest BCUT2D eigenvalue weighted by molar-refractivity contribution is 7.10. The molecule has 0 bridgehead atoms. The van der Waals surface area contributed by atoms with Gasteiger partial charge < -0.3 is 16.0 Å². The number of primary amides is 1. The van der Waals surface area contributed by atoms with E-state index in [0.29, 0.717) is 0 Å². The number of hydrogen-bond donors (Lipinski definition) is 2. The summed E-state index contributed by atoms with van der Waals surface area (Å²) in [6, 6.07) is 3.50. The van der Waals surface area contributed by atoms with Crippen molar-refractivity contribution in [3.05, 3.63) is 22.4 Å². The molecule has 1 heterocycles. The number of carbonyl (C=O) groups excluding carboxylic acids is 3. The lowest BCUT2D eigenvalue weighted by Crippen LogP contribution is -2.45. The van der Waals surface area contributed by atoms with Crippen LogP contribution in [0.4, 0.5) is 0 Å². The van der Waals surface area contributed by atoms with Crippen LogP contribution in [0.5, 0.6) is 0 Å². The highest BCUT2D eigenvalue weighted by atomic mass is 32.1. The maximum absolute atomic E-state index is 12.7. The Labute approximate surface area is 140 Å². The summed E-state index contributed by atoms with van der Waals surface area (Å²) in [5, 5.41) is 4.73. The van der Waals surface area contributed by atoms with Crippen LogP contribution in [0.3, 0.4) is 0 Å². The highest BCUT2D eigenvalue weighted by Crippen LogP contribution is 2.27. The first kappa shape index (κ1) is 17.5. The number of hydrogen-bond acceptors (Lipinski definition) is 4. The zero-order chi connectivity index (χ0) is 16.8. The van der Waals surface area contributed by atoms with Crippen molar-refractivity contribution in [2.45, 2.75) is 51.1 Å². The maximum Gasteiger partial charge on any atom is 0.237 e. The van der Waals surface area contributed by atoms with Crippen molar-refractivity contribution < 1.29 is 14.4 Å². The number of carbonyl (C=O) groups is 3. The van der Waals surface area contributed by atoms with Gasteiger partial charge >= 0.3 is 0 Å². The molecule has 1 aromatic rings. The van der Waals surface area contributed by atoms with Gasteiger partial charge in [0.2, 0.25) is 17.7 Å². The number of nitrogens with two attached hydrogens (primary N) is 1. The molecule has 0 aliphatic heterocycles. The number of amides is 3. The third-order valence-electron chi connectivity index (χ3n) is 4.05. The van der Waals surface area contributed by atoms with Crippen LogP contribution < -0.4 is 11.1 Å². The van der Waals surface area contributed by atoms with Crippen LogP contribution in [0, 0.1) is 0 Å². The van der Waals surface area contributed by atoms with Gasteiger partial charge in [-0.3, -0.25) is 14.4 Å². The molecule has 1 aliphatic carbocycles. The van der Waals surface area contributed by atoms with Crippen molar-refractivity contribution in [1.82, 2.24) is 10.2 Å². The molecular weight excluding hydrogens is 314 g/mol. The number of rotatable bonds is 7. The van der Waals surface area contributed by atoms with E-state index < -0.39 is 5.91 Å². The SMILES string of the molecule is CC(=O)N[C@@H](CC(=O)N(CC(N)=O)C1CCCC1)c1cccs1. The molecule has 7 heteroatoms. The molecule has 1 aliphatic rings. The topological polar surface area (TPSA) is 92.5 Å². The van der Waals surface area contributed by atoms with Gasteiger partial charge in [0.05, 0.1) is 19.0 Å². The third kappa shape index (κ3) is 5.06. The molecule has 0 radical (unpaired) electrons. The van der Waals surface area contributed by atoms with Gasteiger partial charge in [-0.05, 0) is 24.3 Å². The summed E-state index contributed by atoms with van der Waals surface area (Å²) in [4.78, 5) is 38.0. The standard InChI is InChI=1S/C16H23N3O3S/c1-11(20)18-13(14-7-4-8-23-14)9-16(22)19(10-15(17)21)12-5-2-3-6-12/h4,7-8,12-13H,2-3,5-6,9-10H2,1H3,(H2,17,21)(H,18,20)/t13-/m0/s1. The number of nitrogens with zero attached hydrogens (tertiary/aromatic N) is 1. The molecule has 126 valence electrons. The van der Waals surface area contributed by atoms with Crippen LogP contribution in [0.2, 0.25) is 0 Å². The fourth-order valence-electron chi connectivity index (χ4n) is 3.05. The van der Waals surface area contributed by atoms with Crippen molar-refractivity contribution in [3.8, 4) is 0 Å². The normalized spacial score (nSPS) is 16.0. The number of nitrogens with one attached hydrogen (secondary N) is 1. The van der Waals surface area contributed by atoms with E-state index in [1.54, 1.807) is 4.90 Å². The van der Waals surface area contributed by atoms with Crippen LogP contribution in [0.15, 0.2) is 17.5 Å². The van der Waals surface area contributed by atoms with Crippen LogP contribution in [-0.4, -0.2) is 35.2 Å². The third-order valence-corrected chi connectivity index (χ3v) is 5.04. The monoisotopic (exact) mass is 337 g/mol. The second-order valence-corrected chi connectivity index (χ2v) is 6.88. The lowest BCUT2D eigenvalue weighted by molar-refractivity contribution is -0.138. The Morgan fingerprint density at radius 1 is 1.39 bits per heavy atom. The molecule has 1 saturated carbocycles. The molecule has 3 amide bonds. The Hall–Kier alpha value is -1.89. The summed E-state index contributed by atoms with van der Waals surface area (Å²) < 4.78 is 0. The molecule has 2 rings (SSSR count). The predicted molar refractivity (Wildman–Crippen MR) is 88.7 cm³/mol. The van der Waals surface area contributed by atoms with Crippen molar-refractivity contribution in [2.75, 3.05) is 6.54 Å². The van der Waals surface area contributed by atoms with Crippen LogP contribution in [0.1, 0.15) is 49.9 Å². The minimum atomic E-state index is -0.502. The Morgan fingerprint density at radius 2 is 2.09 bits per heavy atom. The summed E-state index contributed by atoms with van der Waals surface area (Å²) in [6.45, 7) is 1.38. The summed E-state index contributed by atoms with van der Waals surface area (Å²) in [5.74, 6) is -0.821. The van der Waals surface area contributed by atoms with Gasteiger partial charge in [-0.15, -0.1) is 11.3 Å². The molecule has 1 fully saturated rings. The first-order valence-corrected chi connectivity index (χ1v) is 8.73. The Kier molecular flexibility index (Phi) is 6.15. The van der Waals surface area contributed by atoms with Gasteiger partial charge in [-0.25, -0.2) is 0 Å². The first-order chi connectivity index (χ1) is 11.0. The average Bonchev–Trinajstić information content (AvgIpc) is 3.16. The smallest absolute Gasteiger partial charge is 0.237 e. The van der Waals surface area contributed by atoms with E-state index >= 15 is 0 Å². The fraction of sp³-hybridized carbons (Fsp3) is 0.562. The van der Waals surface area contributed by atoms with Gasteiger partial charge in [0, 0.05) is 17.8 Å². The van der Waals surface area contributed by atoms with Crippen molar-refractivity contribution in [2.24, 2.45) is 5.73 Å². The quantitative estimate of drug-likeness (QED) is 0.791. The average molecular weight is 337 g/mol. The minimum Gasteiger partial charge on any atom is -0.368 e. The zero-order valence-electron chi connectivity index (χ0n) is 13.3. The van der Waals surface area contributed by atoms with Crippen LogP contribution in [0.25, 0.3) is 0 Å². The molecule has 1 atom stereocenters. The molecule has 0 aromatic carbocycles. The van der Waals surface area contributed by atoms with E-state index in [4.69, 9.17) is 5.73 Å². The molecular formula is C16H23N3O3S. The van der Waals surface area contributed by atoms with E-state index in [0.717, 1.165) is 30.6 Å². The highest BCUT2D eigenvalue weighted by Gasteiger charge is 2.30. The van der Waals surface area contributed by atoms with Gasteiger partial charge in [-0.2, -0.15) is 0 Å². The Balaban J connectivity index is 2.10. The predicted octanol–water partition coefficient (Wildman–Crippen LogP) is 1.57. The van der Waals surface area contributed by atoms with Gasteiger partial charge in [0.15, 0.2) is 0 Å². The van der Waals surface area contributed by atoms with E-state index in [2.05, 4.69) is 5.32 Å². The summed E-state index contributed by atoms with van der Waals surface area (Å²) in [6.07, 6.45) is 4.08. The molecule has 0 spiro atoms. The Bertz CT molecular complexity index is 553. The zero-order valence-corrected chi connectivity index (χ0v) is 14.1. The molecule has 23 heavy (non-hydrogen) atoms. The summed E-state index contributed by atoms with van der Waals surface area (Å²) in [5.41, 5.74) is 5.30. The van der Waals surface area contributed by atoms with E-state index in [1.807, 2.05) is 17.5 Å². The van der Waals surface area contributed by atoms with E-state index in [1.165, 1.54) is 18.3 Å². The second kappa shape index (κ2) is 8.10. The fourth-order valence-corrected chi connectivity index (χ4v) is 3.83. The van der Waals surface area contributed by atoms with Gasteiger partial charge in [-0.1, -0.05) is 18.9 Å². The lowest BCUT2D eigenvalue weighted by Gasteiger charge is -2.29. The minimum absolute atomic E-state index is 0.0548. The summed E-state index contributed by atoms with van der Waals surface area (Å²) >= 11 is 1.50. The van der Waals surface area contributed by atoms with Crippen molar-refractivity contribution >= 4 is 29.1 Å². The van der Waals surface area contributed by atoms with Crippen molar-refractivity contribution in [3.63, 3.8) is 0 Å². The second-order valence-electron chi connectivity index (χ2n) is 5.90. The molecule has 0 saturated heterocycles. The largest absolute Gasteiger partial charge is 0.368 e. The van der Waals surface area contributed by atoms with Gasteiger partial charge in [0.25, 0.3) is 0 Å². The summed E-state index contributed by atoms with van der Waals surface area (Å²) in [7, 11) is 0. The van der Waals surface area contributed by atoms with Crippen LogP contribution in [-0.2, 0) is 14.4 Å². The van der Waals surface area contributed by atoms with Gasteiger partial charge in [0.1, 0.15) is 0 Å². The van der Waals surface area contributed by atoms with Crippen LogP contribution >= 0.6 is 11.3 Å². The first-order valence-electron chi connectivity index (χ1n) is 7.85. The molecule has 1 aromatic heterocycles. The molecule has 0 unspecified atom stereocenters.